The molecule has 2 aromatic rings. The monoisotopic (exact) mass is 304 g/mol. The molecular formula is C14H12N2O6. The molecule has 0 radical (unpaired) electrons. The Hall–Kier alpha value is -3.03. The van der Waals surface area contributed by atoms with Crippen LogP contribution in [0.1, 0.15) is 26.4 Å². The Balaban J connectivity index is 1.89. The molecule has 0 saturated carbocycles. The summed E-state index contributed by atoms with van der Waals surface area (Å²) in [5, 5.41) is 13.0. The fraction of sp³-hybridized carbons (Fsp3) is 0.214. The zero-order chi connectivity index (χ0) is 15.7. The average molecular weight is 304 g/mol. The van der Waals surface area contributed by atoms with Crippen LogP contribution >= 0.6 is 0 Å². The Morgan fingerprint density at radius 2 is 2.14 bits per heavy atom. The van der Waals surface area contributed by atoms with Crippen molar-refractivity contribution in [3.05, 3.63) is 41.2 Å². The maximum atomic E-state index is 11.6. The predicted molar refractivity (Wildman–Crippen MR) is 72.2 cm³/mol. The molecule has 1 N–H and O–H groups in total. The highest BCUT2D eigenvalue weighted by Gasteiger charge is 2.22. The molecular weight excluding hydrogens is 292 g/mol. The van der Waals surface area contributed by atoms with Gasteiger partial charge >= 0.3 is 11.9 Å². The Bertz CT molecular complexity index is 752. The minimum absolute atomic E-state index is 0.0873. The first kappa shape index (κ1) is 13.9. The van der Waals surface area contributed by atoms with Crippen molar-refractivity contribution in [2.75, 3.05) is 13.9 Å². The van der Waals surface area contributed by atoms with Crippen LogP contribution in [0.15, 0.2) is 24.4 Å². The first-order chi connectivity index (χ1) is 10.6. The number of nitrogens with zero attached hydrogens (tertiary/aromatic N) is 2. The number of aromatic carboxylic acids is 1. The van der Waals surface area contributed by atoms with E-state index < -0.39 is 11.9 Å². The summed E-state index contributed by atoms with van der Waals surface area (Å²) in [6.45, 7) is 0.462. The number of esters is 1. The number of rotatable bonds is 4. The van der Waals surface area contributed by atoms with E-state index in [1.807, 2.05) is 6.07 Å². The molecule has 2 heterocycles. The highest BCUT2D eigenvalue weighted by molar-refractivity contribution is 6.00. The van der Waals surface area contributed by atoms with Crippen molar-refractivity contribution in [3.63, 3.8) is 0 Å². The number of benzene rings is 1. The molecule has 1 aliphatic rings. The highest BCUT2D eigenvalue weighted by Crippen LogP contribution is 2.32. The average Bonchev–Trinajstić information content (AvgIpc) is 3.12. The summed E-state index contributed by atoms with van der Waals surface area (Å²) in [6, 6.07) is 5.36. The first-order valence-corrected chi connectivity index (χ1v) is 6.36. The van der Waals surface area contributed by atoms with E-state index in [0.717, 1.165) is 5.56 Å². The lowest BCUT2D eigenvalue weighted by molar-refractivity contribution is 0.0582. The predicted octanol–water partition coefficient (Wildman–Crippen LogP) is 1.14. The summed E-state index contributed by atoms with van der Waals surface area (Å²) in [4.78, 5) is 22.7. The van der Waals surface area contributed by atoms with Gasteiger partial charge in [-0.1, -0.05) is 6.07 Å². The molecule has 0 amide bonds. The van der Waals surface area contributed by atoms with Gasteiger partial charge in [-0.15, -0.1) is 0 Å². The fourth-order valence-electron chi connectivity index (χ4n) is 2.15. The van der Waals surface area contributed by atoms with Gasteiger partial charge in [-0.2, -0.15) is 5.10 Å². The molecule has 0 aliphatic carbocycles. The summed E-state index contributed by atoms with van der Waals surface area (Å²) in [5.41, 5.74) is 0.406. The van der Waals surface area contributed by atoms with E-state index in [2.05, 4.69) is 9.84 Å². The minimum Gasteiger partial charge on any atom is -0.476 e. The van der Waals surface area contributed by atoms with Crippen LogP contribution < -0.4 is 9.47 Å². The van der Waals surface area contributed by atoms with Crippen LogP contribution in [0.25, 0.3) is 0 Å². The molecule has 1 aliphatic heterocycles. The van der Waals surface area contributed by atoms with Gasteiger partial charge in [0.1, 0.15) is 5.56 Å². The molecule has 1 aromatic heterocycles. The largest absolute Gasteiger partial charge is 0.476 e. The fourth-order valence-corrected chi connectivity index (χ4v) is 2.15. The lowest BCUT2D eigenvalue weighted by Crippen LogP contribution is -2.08. The number of carboxylic acids is 1. The van der Waals surface area contributed by atoms with E-state index in [4.69, 9.17) is 14.6 Å². The number of fused-ring (bicyclic) bond motifs is 1. The zero-order valence-corrected chi connectivity index (χ0v) is 11.6. The number of methoxy groups -OCH3 is 1. The Labute approximate surface area is 124 Å². The van der Waals surface area contributed by atoms with Crippen LogP contribution in [0, 0.1) is 0 Å². The summed E-state index contributed by atoms with van der Waals surface area (Å²) >= 11 is 0. The SMILES string of the molecule is COC(=O)c1cn(Cc2ccc3c(c2)OCO3)nc1C(=O)O. The van der Waals surface area contributed by atoms with Crippen LogP contribution in [0.4, 0.5) is 0 Å². The Morgan fingerprint density at radius 1 is 1.36 bits per heavy atom. The van der Waals surface area contributed by atoms with Crippen molar-refractivity contribution >= 4 is 11.9 Å². The van der Waals surface area contributed by atoms with Gasteiger partial charge in [0.15, 0.2) is 17.2 Å². The second-order valence-corrected chi connectivity index (χ2v) is 4.57. The Morgan fingerprint density at radius 3 is 2.86 bits per heavy atom. The molecule has 0 bridgehead atoms. The first-order valence-electron chi connectivity index (χ1n) is 6.36. The van der Waals surface area contributed by atoms with Gasteiger partial charge in [-0.05, 0) is 17.7 Å². The third-order valence-electron chi connectivity index (χ3n) is 3.15. The van der Waals surface area contributed by atoms with E-state index in [0.29, 0.717) is 11.5 Å². The number of hydrogen-bond acceptors (Lipinski definition) is 6. The van der Waals surface area contributed by atoms with Crippen LogP contribution in [-0.4, -0.2) is 40.7 Å². The van der Waals surface area contributed by atoms with Crippen molar-refractivity contribution in [3.8, 4) is 11.5 Å². The van der Waals surface area contributed by atoms with Gasteiger partial charge in [0.2, 0.25) is 6.79 Å². The van der Waals surface area contributed by atoms with Crippen LogP contribution in [0.5, 0.6) is 11.5 Å². The van der Waals surface area contributed by atoms with E-state index in [1.165, 1.54) is 18.0 Å². The molecule has 8 heteroatoms. The lowest BCUT2D eigenvalue weighted by atomic mass is 10.2. The van der Waals surface area contributed by atoms with Gasteiger partial charge in [0, 0.05) is 6.20 Å². The third kappa shape index (κ3) is 2.46. The second-order valence-electron chi connectivity index (χ2n) is 4.57. The van der Waals surface area contributed by atoms with E-state index in [-0.39, 0.29) is 24.6 Å². The maximum Gasteiger partial charge on any atom is 0.357 e. The number of carboxylic acid groups (broad SMARTS) is 1. The smallest absolute Gasteiger partial charge is 0.357 e. The molecule has 8 nitrogen and oxygen atoms in total. The molecule has 3 rings (SSSR count). The van der Waals surface area contributed by atoms with Crippen molar-refractivity contribution < 1.29 is 28.9 Å². The van der Waals surface area contributed by atoms with Crippen LogP contribution in [0.2, 0.25) is 0 Å². The second kappa shape index (κ2) is 5.40. The third-order valence-corrected chi connectivity index (χ3v) is 3.15. The molecule has 0 unspecified atom stereocenters. The van der Waals surface area contributed by atoms with Crippen LogP contribution in [0.3, 0.4) is 0 Å². The number of ether oxygens (including phenoxy) is 3. The van der Waals surface area contributed by atoms with Crippen molar-refractivity contribution in [1.82, 2.24) is 9.78 Å². The van der Waals surface area contributed by atoms with Crippen molar-refractivity contribution in [2.24, 2.45) is 0 Å². The molecule has 114 valence electrons. The van der Waals surface area contributed by atoms with Crippen LogP contribution in [-0.2, 0) is 11.3 Å². The lowest BCUT2D eigenvalue weighted by Gasteiger charge is -2.03. The maximum absolute atomic E-state index is 11.6. The summed E-state index contributed by atoms with van der Waals surface area (Å²) < 4.78 is 16.4. The molecule has 0 saturated heterocycles. The topological polar surface area (TPSA) is 99.9 Å². The molecule has 0 fully saturated rings. The minimum atomic E-state index is -1.29. The van der Waals surface area contributed by atoms with E-state index >= 15 is 0 Å². The van der Waals surface area contributed by atoms with Gasteiger partial charge in [-0.25, -0.2) is 9.59 Å². The van der Waals surface area contributed by atoms with Crippen molar-refractivity contribution in [1.29, 1.82) is 0 Å². The van der Waals surface area contributed by atoms with Gasteiger partial charge < -0.3 is 19.3 Å². The molecule has 1 aromatic carbocycles. The normalized spacial score (nSPS) is 12.2. The summed E-state index contributed by atoms with van der Waals surface area (Å²) in [7, 11) is 1.18. The number of hydrogen-bond donors (Lipinski definition) is 1. The number of carbonyl (C=O) groups excluding carboxylic acids is 1. The molecule has 0 spiro atoms. The van der Waals surface area contributed by atoms with Gasteiger partial charge in [0.25, 0.3) is 0 Å². The van der Waals surface area contributed by atoms with E-state index in [9.17, 15) is 9.59 Å². The zero-order valence-electron chi connectivity index (χ0n) is 11.6. The Kier molecular flexibility index (Phi) is 3.42. The van der Waals surface area contributed by atoms with Crippen molar-refractivity contribution in [2.45, 2.75) is 6.54 Å². The molecule has 22 heavy (non-hydrogen) atoms. The summed E-state index contributed by atoms with van der Waals surface area (Å²) in [6.07, 6.45) is 1.35. The standard InChI is InChI=1S/C14H12N2O6/c1-20-14(19)9-6-16(15-12(9)13(17)18)5-8-2-3-10-11(4-8)22-7-21-10/h2-4,6H,5,7H2,1H3,(H,17,18). The summed E-state index contributed by atoms with van der Waals surface area (Å²) in [5.74, 6) is -0.749. The highest BCUT2D eigenvalue weighted by atomic mass is 16.7. The molecule has 0 atom stereocenters. The number of aromatic nitrogens is 2. The number of carbonyl (C=O) groups is 2. The quantitative estimate of drug-likeness (QED) is 0.845. The van der Waals surface area contributed by atoms with Gasteiger partial charge in [0.05, 0.1) is 13.7 Å². The van der Waals surface area contributed by atoms with E-state index in [1.54, 1.807) is 12.1 Å². The van der Waals surface area contributed by atoms with Gasteiger partial charge in [-0.3, -0.25) is 4.68 Å².